The van der Waals surface area contributed by atoms with Crippen LogP contribution in [0.1, 0.15) is 44.1 Å². The predicted octanol–water partition coefficient (Wildman–Crippen LogP) is 3.70. The molecule has 2 aromatic carbocycles. The number of aromatic nitrogens is 2. The summed E-state index contributed by atoms with van der Waals surface area (Å²) in [6, 6.07) is 14.7. The van der Waals surface area contributed by atoms with Gasteiger partial charge < -0.3 is 5.32 Å². The zero-order valence-corrected chi connectivity index (χ0v) is 18.1. The number of nitrogens with zero attached hydrogens (tertiary/aromatic N) is 2. The number of fused-ring (bicyclic) bond motifs is 1. The largest absolute Gasteiger partial charge is 0.353 e. The molecule has 7 heteroatoms. The number of para-hydroxylation sites is 1. The van der Waals surface area contributed by atoms with Crippen LogP contribution in [-0.4, -0.2) is 21.1 Å². The molecule has 1 heterocycles. The van der Waals surface area contributed by atoms with Crippen LogP contribution < -0.4 is 16.6 Å². The number of halogens is 1. The fourth-order valence-corrected chi connectivity index (χ4v) is 4.52. The maximum atomic E-state index is 13.2. The third-order valence-corrected chi connectivity index (χ3v) is 6.10. The fraction of sp³-hybridized carbons (Fsp3) is 0.375. The second-order valence-corrected chi connectivity index (χ2v) is 8.56. The molecular formula is C24H26ClN3O3. The van der Waals surface area contributed by atoms with Crippen LogP contribution in [0.3, 0.4) is 0 Å². The molecule has 6 nitrogen and oxygen atoms in total. The number of benzene rings is 2. The van der Waals surface area contributed by atoms with E-state index >= 15 is 0 Å². The molecule has 1 aliphatic carbocycles. The van der Waals surface area contributed by atoms with Gasteiger partial charge in [0, 0.05) is 24.0 Å². The number of hydrogen-bond acceptors (Lipinski definition) is 3. The first-order valence-electron chi connectivity index (χ1n) is 10.8. The second kappa shape index (κ2) is 9.52. The third kappa shape index (κ3) is 4.90. The van der Waals surface area contributed by atoms with E-state index in [1.165, 1.54) is 4.57 Å². The van der Waals surface area contributed by atoms with E-state index in [9.17, 15) is 14.4 Å². The summed E-state index contributed by atoms with van der Waals surface area (Å²) in [5, 5.41) is 4.13. The van der Waals surface area contributed by atoms with Crippen LogP contribution in [0, 0.1) is 0 Å². The van der Waals surface area contributed by atoms with Crippen LogP contribution in [0.4, 0.5) is 0 Å². The molecule has 0 atom stereocenters. The van der Waals surface area contributed by atoms with Gasteiger partial charge >= 0.3 is 5.69 Å². The number of carbonyl (C=O) groups excluding carboxylic acids is 1. The van der Waals surface area contributed by atoms with Crippen molar-refractivity contribution in [1.29, 1.82) is 0 Å². The summed E-state index contributed by atoms with van der Waals surface area (Å²) in [4.78, 5) is 38.4. The van der Waals surface area contributed by atoms with E-state index in [0.717, 1.165) is 31.2 Å². The van der Waals surface area contributed by atoms with Gasteiger partial charge in [-0.05, 0) is 49.1 Å². The van der Waals surface area contributed by atoms with Gasteiger partial charge in [-0.3, -0.25) is 18.7 Å². The molecule has 1 aliphatic rings. The first-order chi connectivity index (χ1) is 15.0. The van der Waals surface area contributed by atoms with Crippen molar-refractivity contribution in [2.75, 3.05) is 0 Å². The minimum absolute atomic E-state index is 0.0139. The van der Waals surface area contributed by atoms with Crippen LogP contribution in [0.25, 0.3) is 10.9 Å². The molecule has 31 heavy (non-hydrogen) atoms. The van der Waals surface area contributed by atoms with Crippen LogP contribution in [0.15, 0.2) is 58.1 Å². The molecule has 0 spiro atoms. The number of carbonyl (C=O) groups is 1. The highest BCUT2D eigenvalue weighted by Gasteiger charge is 2.17. The van der Waals surface area contributed by atoms with Crippen molar-refractivity contribution < 1.29 is 4.79 Å². The molecule has 1 fully saturated rings. The van der Waals surface area contributed by atoms with E-state index < -0.39 is 0 Å². The normalized spacial score (nSPS) is 14.2. The summed E-state index contributed by atoms with van der Waals surface area (Å²) in [6.07, 6.45) is 5.11. The molecule has 1 N–H and O–H groups in total. The lowest BCUT2D eigenvalue weighted by atomic mass is 10.2. The molecule has 1 aromatic heterocycles. The third-order valence-electron chi connectivity index (χ3n) is 5.87. The molecule has 4 rings (SSSR count). The lowest BCUT2D eigenvalue weighted by molar-refractivity contribution is -0.121. The van der Waals surface area contributed by atoms with Gasteiger partial charge in [0.15, 0.2) is 0 Å². The summed E-state index contributed by atoms with van der Waals surface area (Å²) in [5.74, 6) is -0.0139. The Bertz CT molecular complexity index is 1210. The van der Waals surface area contributed by atoms with Crippen molar-refractivity contribution in [1.82, 2.24) is 14.5 Å². The summed E-state index contributed by atoms with van der Waals surface area (Å²) < 4.78 is 2.84. The van der Waals surface area contributed by atoms with Gasteiger partial charge in [-0.15, -0.1) is 0 Å². The quantitative estimate of drug-likeness (QED) is 0.610. The number of nitrogens with one attached hydrogen (secondary N) is 1. The molecular weight excluding hydrogens is 414 g/mol. The molecule has 3 aromatic rings. The lowest BCUT2D eigenvalue weighted by Crippen LogP contribution is -2.40. The Hall–Kier alpha value is -2.86. The molecule has 1 amide bonds. The van der Waals surface area contributed by atoms with Gasteiger partial charge in [0.2, 0.25) is 5.91 Å². The van der Waals surface area contributed by atoms with Crippen molar-refractivity contribution in [2.24, 2.45) is 0 Å². The van der Waals surface area contributed by atoms with Crippen LogP contribution in [0.5, 0.6) is 0 Å². The molecule has 0 radical (unpaired) electrons. The average Bonchev–Trinajstić information content (AvgIpc) is 3.26. The minimum atomic E-state index is -0.375. The van der Waals surface area contributed by atoms with Crippen molar-refractivity contribution >= 4 is 28.4 Å². The maximum Gasteiger partial charge on any atom is 0.331 e. The van der Waals surface area contributed by atoms with Crippen molar-refractivity contribution in [2.45, 2.75) is 57.7 Å². The second-order valence-electron chi connectivity index (χ2n) is 8.13. The number of amides is 1. The Balaban J connectivity index is 1.58. The summed E-state index contributed by atoms with van der Waals surface area (Å²) in [7, 11) is 0. The van der Waals surface area contributed by atoms with Gasteiger partial charge in [-0.25, -0.2) is 4.79 Å². The zero-order valence-electron chi connectivity index (χ0n) is 17.4. The van der Waals surface area contributed by atoms with Gasteiger partial charge in [0.1, 0.15) is 0 Å². The highest BCUT2D eigenvalue weighted by molar-refractivity contribution is 6.30. The summed E-state index contributed by atoms with van der Waals surface area (Å²) in [6.45, 7) is 0.512. The van der Waals surface area contributed by atoms with Crippen LogP contribution >= 0.6 is 11.6 Å². The lowest BCUT2D eigenvalue weighted by Gasteiger charge is -2.15. The van der Waals surface area contributed by atoms with Gasteiger partial charge in [-0.1, -0.05) is 48.7 Å². The van der Waals surface area contributed by atoms with Crippen molar-refractivity contribution in [3.63, 3.8) is 0 Å². The summed E-state index contributed by atoms with van der Waals surface area (Å²) >= 11 is 6.10. The molecule has 0 unspecified atom stereocenters. The van der Waals surface area contributed by atoms with E-state index in [1.54, 1.807) is 28.8 Å². The van der Waals surface area contributed by atoms with Crippen LogP contribution in [-0.2, 0) is 17.9 Å². The van der Waals surface area contributed by atoms with Gasteiger partial charge in [-0.2, -0.15) is 0 Å². The molecule has 0 saturated heterocycles. The average molecular weight is 440 g/mol. The first kappa shape index (κ1) is 21.4. The Labute approximate surface area is 185 Å². The summed E-state index contributed by atoms with van der Waals surface area (Å²) in [5.41, 5.74) is 0.771. The van der Waals surface area contributed by atoms with Gasteiger partial charge in [0.25, 0.3) is 5.56 Å². The minimum Gasteiger partial charge on any atom is -0.353 e. The van der Waals surface area contributed by atoms with E-state index in [0.29, 0.717) is 35.3 Å². The van der Waals surface area contributed by atoms with Crippen molar-refractivity contribution in [3.05, 3.63) is 80.0 Å². The Kier molecular flexibility index (Phi) is 6.56. The van der Waals surface area contributed by atoms with E-state index in [-0.39, 0.29) is 29.7 Å². The zero-order chi connectivity index (χ0) is 21.8. The Morgan fingerprint density at radius 1 is 1.03 bits per heavy atom. The number of hydrogen-bond donors (Lipinski definition) is 1. The maximum absolute atomic E-state index is 13.2. The van der Waals surface area contributed by atoms with Gasteiger partial charge in [0.05, 0.1) is 17.4 Å². The molecule has 0 aliphatic heterocycles. The number of rotatable bonds is 7. The highest BCUT2D eigenvalue weighted by atomic mass is 35.5. The fourth-order valence-electron chi connectivity index (χ4n) is 4.31. The monoisotopic (exact) mass is 439 g/mol. The highest BCUT2D eigenvalue weighted by Crippen LogP contribution is 2.18. The van der Waals surface area contributed by atoms with Crippen LogP contribution in [0.2, 0.25) is 5.02 Å². The SMILES string of the molecule is O=C(CCCn1c(=O)c2ccccc2n(Cc2cccc(Cl)c2)c1=O)NC1CCCC1. The molecule has 1 saturated carbocycles. The van der Waals surface area contributed by atoms with E-state index in [2.05, 4.69) is 5.32 Å². The van der Waals surface area contributed by atoms with E-state index in [4.69, 9.17) is 11.6 Å². The van der Waals surface area contributed by atoms with E-state index in [1.807, 2.05) is 24.3 Å². The Morgan fingerprint density at radius 3 is 2.58 bits per heavy atom. The smallest absolute Gasteiger partial charge is 0.331 e. The Morgan fingerprint density at radius 2 is 1.81 bits per heavy atom. The molecule has 162 valence electrons. The first-order valence-corrected chi connectivity index (χ1v) is 11.2. The standard InChI is InChI=1S/C24H26ClN3O3/c25-18-8-5-7-17(15-18)16-28-21-12-4-3-11-20(21)23(30)27(24(28)31)14-6-13-22(29)26-19-9-1-2-10-19/h3-5,7-8,11-12,15,19H,1-2,6,9-10,13-14,16H2,(H,26,29). The molecule has 0 bridgehead atoms. The predicted molar refractivity (Wildman–Crippen MR) is 123 cm³/mol. The van der Waals surface area contributed by atoms with Crippen molar-refractivity contribution in [3.8, 4) is 0 Å². The topological polar surface area (TPSA) is 73.1 Å².